The summed E-state index contributed by atoms with van der Waals surface area (Å²) >= 11 is 5.38. The molecule has 1 aromatic rings. The van der Waals surface area contributed by atoms with Gasteiger partial charge in [-0.05, 0) is 19.3 Å². The quantitative estimate of drug-likeness (QED) is 0.835. The molecule has 1 fully saturated rings. The molecule has 0 bridgehead atoms. The van der Waals surface area contributed by atoms with Crippen molar-refractivity contribution in [3.05, 3.63) is 16.7 Å². The van der Waals surface area contributed by atoms with Crippen molar-refractivity contribution >= 4 is 12.2 Å². The number of morpholine rings is 1. The third kappa shape index (κ3) is 3.02. The fourth-order valence-corrected chi connectivity index (χ4v) is 2.61. The van der Waals surface area contributed by atoms with Crippen molar-refractivity contribution in [1.29, 1.82) is 0 Å². The van der Waals surface area contributed by atoms with Crippen molar-refractivity contribution in [2.45, 2.75) is 38.8 Å². The predicted molar refractivity (Wildman–Crippen MR) is 75.6 cm³/mol. The summed E-state index contributed by atoms with van der Waals surface area (Å²) in [5, 5.41) is 0. The molecule has 4 nitrogen and oxygen atoms in total. The van der Waals surface area contributed by atoms with Crippen LogP contribution in [0.3, 0.4) is 0 Å². The number of hydrogen-bond acceptors (Lipinski definition) is 3. The number of aromatic amines is 1. The van der Waals surface area contributed by atoms with Gasteiger partial charge in [-0.15, -0.1) is 0 Å². The first-order valence-electron chi connectivity index (χ1n) is 6.47. The molecule has 1 aliphatic heterocycles. The first-order chi connectivity index (χ1) is 8.38. The summed E-state index contributed by atoms with van der Waals surface area (Å²) in [5.74, 6) is 0. The Morgan fingerprint density at radius 2 is 2.22 bits per heavy atom. The van der Waals surface area contributed by atoms with Crippen molar-refractivity contribution in [2.24, 2.45) is 0 Å². The molecule has 1 saturated heterocycles. The van der Waals surface area contributed by atoms with Gasteiger partial charge in [-0.1, -0.05) is 20.8 Å². The van der Waals surface area contributed by atoms with Crippen LogP contribution in [0.15, 0.2) is 6.20 Å². The minimum Gasteiger partial charge on any atom is -0.374 e. The Morgan fingerprint density at radius 3 is 2.83 bits per heavy atom. The zero-order chi connectivity index (χ0) is 13.3. The number of nitrogens with zero attached hydrogens (tertiary/aromatic N) is 2. The summed E-state index contributed by atoms with van der Waals surface area (Å²) in [6.45, 7) is 10.2. The lowest BCUT2D eigenvalue weighted by Gasteiger charge is -2.31. The van der Waals surface area contributed by atoms with Crippen LogP contribution in [0.25, 0.3) is 0 Å². The predicted octanol–water partition coefficient (Wildman–Crippen LogP) is 2.17. The molecular formula is C13H23N3OS. The lowest BCUT2D eigenvalue weighted by Crippen LogP contribution is -2.42. The van der Waals surface area contributed by atoms with Crippen LogP contribution in [0, 0.1) is 4.77 Å². The second-order valence-electron chi connectivity index (χ2n) is 6.09. The van der Waals surface area contributed by atoms with Crippen molar-refractivity contribution in [3.8, 4) is 0 Å². The largest absolute Gasteiger partial charge is 0.374 e. The Labute approximate surface area is 114 Å². The first-order valence-corrected chi connectivity index (χ1v) is 6.87. The maximum atomic E-state index is 5.82. The van der Waals surface area contributed by atoms with Gasteiger partial charge in [0.2, 0.25) is 0 Å². The van der Waals surface area contributed by atoms with Gasteiger partial charge in [-0.3, -0.25) is 0 Å². The van der Waals surface area contributed by atoms with E-state index >= 15 is 0 Å². The van der Waals surface area contributed by atoms with E-state index in [0.717, 1.165) is 31.0 Å². The first kappa shape index (κ1) is 13.8. The number of H-pyrrole nitrogens is 1. The minimum absolute atomic E-state index is 0.0914. The van der Waals surface area contributed by atoms with Crippen molar-refractivity contribution in [3.63, 3.8) is 0 Å². The van der Waals surface area contributed by atoms with Crippen LogP contribution < -0.4 is 0 Å². The Bertz CT molecular complexity index is 458. The van der Waals surface area contributed by atoms with Crippen molar-refractivity contribution in [1.82, 2.24) is 14.5 Å². The average molecular weight is 269 g/mol. The smallest absolute Gasteiger partial charge is 0.177 e. The molecule has 2 rings (SSSR count). The number of ether oxygens (including phenoxy) is 1. The Morgan fingerprint density at radius 1 is 1.50 bits per heavy atom. The summed E-state index contributed by atoms with van der Waals surface area (Å²) in [6.07, 6.45) is 2.25. The van der Waals surface area contributed by atoms with Crippen LogP contribution in [-0.2, 0) is 16.7 Å². The van der Waals surface area contributed by atoms with E-state index in [2.05, 4.69) is 42.3 Å². The molecule has 2 heterocycles. The number of likely N-dealkylation sites (N-methyl/N-ethyl adjacent to an activating group) is 1. The topological polar surface area (TPSA) is 33.2 Å². The number of imidazole rings is 1. The van der Waals surface area contributed by atoms with Gasteiger partial charge in [-0.2, -0.15) is 0 Å². The Balaban J connectivity index is 2.18. The number of nitrogens with one attached hydrogen (secondary N) is 1. The Kier molecular flexibility index (Phi) is 3.94. The molecular weight excluding hydrogens is 246 g/mol. The van der Waals surface area contributed by atoms with E-state index in [1.807, 2.05) is 6.20 Å². The SMILES string of the molecule is CN1CCOC(Cn2c(C(C)(C)C)c[nH]c2=S)C1. The normalized spacial score (nSPS) is 22.3. The molecule has 18 heavy (non-hydrogen) atoms. The molecule has 0 spiro atoms. The van der Waals surface area contributed by atoms with Gasteiger partial charge in [0.05, 0.1) is 19.3 Å². The second-order valence-corrected chi connectivity index (χ2v) is 6.48. The molecule has 1 aromatic heterocycles. The van der Waals surface area contributed by atoms with Gasteiger partial charge in [0.25, 0.3) is 0 Å². The van der Waals surface area contributed by atoms with Gasteiger partial charge in [0.15, 0.2) is 4.77 Å². The summed E-state index contributed by atoms with van der Waals surface area (Å²) < 4.78 is 8.79. The van der Waals surface area contributed by atoms with E-state index in [1.165, 1.54) is 5.69 Å². The molecule has 1 N–H and O–H groups in total. The highest BCUT2D eigenvalue weighted by molar-refractivity contribution is 7.71. The second kappa shape index (κ2) is 5.15. The zero-order valence-corrected chi connectivity index (χ0v) is 12.5. The molecule has 1 atom stereocenters. The van der Waals surface area contributed by atoms with Gasteiger partial charge < -0.3 is 19.2 Å². The Hall–Kier alpha value is -0.650. The van der Waals surface area contributed by atoms with Crippen LogP contribution >= 0.6 is 12.2 Å². The van der Waals surface area contributed by atoms with Gasteiger partial charge in [-0.25, -0.2) is 0 Å². The van der Waals surface area contributed by atoms with E-state index in [4.69, 9.17) is 17.0 Å². The van der Waals surface area contributed by atoms with Crippen LogP contribution in [0.5, 0.6) is 0 Å². The highest BCUT2D eigenvalue weighted by Crippen LogP contribution is 2.23. The molecule has 1 aliphatic rings. The van der Waals surface area contributed by atoms with Crippen LogP contribution in [0.4, 0.5) is 0 Å². The molecule has 0 aliphatic carbocycles. The molecule has 0 radical (unpaired) electrons. The van der Waals surface area contributed by atoms with Crippen LogP contribution in [-0.4, -0.2) is 47.3 Å². The molecule has 1 unspecified atom stereocenters. The minimum atomic E-state index is 0.0914. The fraction of sp³-hybridized carbons (Fsp3) is 0.769. The van der Waals surface area contributed by atoms with E-state index in [9.17, 15) is 0 Å². The summed E-state index contributed by atoms with van der Waals surface area (Å²) in [7, 11) is 2.14. The number of rotatable bonds is 2. The molecule has 0 amide bonds. The summed E-state index contributed by atoms with van der Waals surface area (Å²) in [5.41, 5.74) is 1.33. The lowest BCUT2D eigenvalue weighted by molar-refractivity contribution is -0.0282. The third-order valence-corrected chi connectivity index (χ3v) is 3.70. The van der Waals surface area contributed by atoms with E-state index in [0.29, 0.717) is 0 Å². The third-order valence-electron chi connectivity index (χ3n) is 3.36. The number of aromatic nitrogens is 2. The van der Waals surface area contributed by atoms with Gasteiger partial charge in [0, 0.05) is 30.4 Å². The maximum absolute atomic E-state index is 5.82. The average Bonchev–Trinajstić information content (AvgIpc) is 2.60. The standard InChI is InChI=1S/C13H23N3OS/c1-13(2,3)11-7-14-12(18)16(11)9-10-8-15(4)5-6-17-10/h7,10H,5-6,8-9H2,1-4H3,(H,14,18). The van der Waals surface area contributed by atoms with Gasteiger partial charge >= 0.3 is 0 Å². The highest BCUT2D eigenvalue weighted by atomic mass is 32.1. The monoisotopic (exact) mass is 269 g/mol. The van der Waals surface area contributed by atoms with Crippen molar-refractivity contribution in [2.75, 3.05) is 26.7 Å². The molecule has 5 heteroatoms. The molecule has 102 valence electrons. The van der Waals surface area contributed by atoms with Crippen molar-refractivity contribution < 1.29 is 4.74 Å². The van der Waals surface area contributed by atoms with E-state index < -0.39 is 0 Å². The van der Waals surface area contributed by atoms with E-state index in [-0.39, 0.29) is 11.5 Å². The fourth-order valence-electron chi connectivity index (χ4n) is 2.38. The molecule has 0 aromatic carbocycles. The zero-order valence-electron chi connectivity index (χ0n) is 11.7. The van der Waals surface area contributed by atoms with Crippen LogP contribution in [0.2, 0.25) is 0 Å². The summed E-state index contributed by atoms with van der Waals surface area (Å²) in [6, 6.07) is 0. The van der Waals surface area contributed by atoms with Crippen LogP contribution in [0.1, 0.15) is 26.5 Å². The van der Waals surface area contributed by atoms with Gasteiger partial charge in [0.1, 0.15) is 0 Å². The maximum Gasteiger partial charge on any atom is 0.177 e. The van der Waals surface area contributed by atoms with E-state index in [1.54, 1.807) is 0 Å². The molecule has 0 saturated carbocycles. The lowest BCUT2D eigenvalue weighted by atomic mass is 9.92. The number of hydrogen-bond donors (Lipinski definition) is 1. The highest BCUT2D eigenvalue weighted by Gasteiger charge is 2.23. The summed E-state index contributed by atoms with van der Waals surface area (Å²) in [4.78, 5) is 5.46.